The number of hydrogen-bond acceptors (Lipinski definition) is 3. The highest BCUT2D eigenvalue weighted by Gasteiger charge is 2.58. The number of benzene rings is 1. The van der Waals surface area contributed by atoms with Crippen LogP contribution in [0, 0.1) is 0 Å². The minimum atomic E-state index is -5.38. The van der Waals surface area contributed by atoms with Crippen LogP contribution < -0.4 is 0 Å². The largest absolute Gasteiger partial charge is 0.405 e. The molecule has 1 aromatic carbocycles. The quantitative estimate of drug-likeness (QED) is 0.489. The Hall–Kier alpha value is -1.61. The Morgan fingerprint density at radius 2 is 1.61 bits per heavy atom. The summed E-state index contributed by atoms with van der Waals surface area (Å²) in [5.41, 5.74) is 2.68. The van der Waals surface area contributed by atoms with Crippen LogP contribution in [-0.2, 0) is 0 Å². The zero-order chi connectivity index (χ0) is 16.8. The van der Waals surface area contributed by atoms with E-state index in [0.717, 1.165) is 10.8 Å². The van der Waals surface area contributed by atoms with Gasteiger partial charge in [0.15, 0.2) is 5.92 Å². The molecule has 3 rings (SSSR count). The number of hydrogen-bond donors (Lipinski definition) is 0. The molecule has 2 aromatic heterocycles. The summed E-state index contributed by atoms with van der Waals surface area (Å²) < 4.78 is 77.6. The van der Waals surface area contributed by atoms with Crippen molar-refractivity contribution >= 4 is 32.9 Å². The SMILES string of the molecule is FC(F)(F)C(c1ccc(-c2cccc3scnc23)s1)C(F)(F)F. The third-order valence-electron chi connectivity index (χ3n) is 3.19. The van der Waals surface area contributed by atoms with E-state index in [1.807, 2.05) is 0 Å². The number of para-hydroxylation sites is 1. The second kappa shape index (κ2) is 5.48. The standard InChI is InChI=1S/C14H7F6NS2/c15-13(16,17)12(14(18,19)20)10-5-4-8(23-10)7-2-1-3-9-11(7)21-6-22-9/h1-6,12H. The number of nitrogens with zero attached hydrogens (tertiary/aromatic N) is 1. The number of alkyl halides is 6. The molecule has 2 heterocycles. The van der Waals surface area contributed by atoms with Gasteiger partial charge in [0.25, 0.3) is 0 Å². The van der Waals surface area contributed by atoms with Gasteiger partial charge in [-0.25, -0.2) is 4.98 Å². The number of thiazole rings is 1. The molecule has 0 N–H and O–H groups in total. The van der Waals surface area contributed by atoms with Gasteiger partial charge < -0.3 is 0 Å². The van der Waals surface area contributed by atoms with Gasteiger partial charge in [-0.2, -0.15) is 26.3 Å². The topological polar surface area (TPSA) is 12.9 Å². The van der Waals surface area contributed by atoms with Crippen LogP contribution in [0.25, 0.3) is 20.7 Å². The Labute approximate surface area is 134 Å². The van der Waals surface area contributed by atoms with E-state index in [1.54, 1.807) is 23.7 Å². The molecule has 0 fully saturated rings. The molecule has 3 aromatic rings. The minimum Gasteiger partial charge on any atom is -0.244 e. The molecule has 0 aliphatic carbocycles. The molecule has 23 heavy (non-hydrogen) atoms. The molecule has 0 aliphatic rings. The maximum Gasteiger partial charge on any atom is 0.405 e. The first kappa shape index (κ1) is 16.3. The van der Waals surface area contributed by atoms with Crippen molar-refractivity contribution in [1.29, 1.82) is 0 Å². The van der Waals surface area contributed by atoms with Crippen LogP contribution in [0.1, 0.15) is 10.8 Å². The summed E-state index contributed by atoms with van der Waals surface area (Å²) >= 11 is 1.84. The zero-order valence-corrected chi connectivity index (χ0v) is 12.7. The predicted octanol–water partition coefficient (Wildman–Crippen LogP) is 6.23. The van der Waals surface area contributed by atoms with Crippen LogP contribution in [0.5, 0.6) is 0 Å². The highest BCUT2D eigenvalue weighted by atomic mass is 32.1. The van der Waals surface area contributed by atoms with Crippen molar-refractivity contribution in [3.63, 3.8) is 0 Å². The van der Waals surface area contributed by atoms with Crippen LogP contribution in [0.2, 0.25) is 0 Å². The van der Waals surface area contributed by atoms with Crippen LogP contribution in [-0.4, -0.2) is 17.3 Å². The maximum absolute atomic E-state index is 12.8. The molecule has 9 heteroatoms. The molecule has 0 aliphatic heterocycles. The Balaban J connectivity index is 2.08. The van der Waals surface area contributed by atoms with Crippen LogP contribution in [0.15, 0.2) is 35.8 Å². The molecule has 0 unspecified atom stereocenters. The van der Waals surface area contributed by atoms with Gasteiger partial charge in [0.1, 0.15) is 0 Å². The Kier molecular flexibility index (Phi) is 3.88. The van der Waals surface area contributed by atoms with Gasteiger partial charge in [0.05, 0.1) is 15.7 Å². The molecule has 0 bridgehead atoms. The van der Waals surface area contributed by atoms with E-state index >= 15 is 0 Å². The van der Waals surface area contributed by atoms with Gasteiger partial charge in [-0.3, -0.25) is 0 Å². The van der Waals surface area contributed by atoms with Gasteiger partial charge in [0.2, 0.25) is 0 Å². The number of fused-ring (bicyclic) bond motifs is 1. The van der Waals surface area contributed by atoms with E-state index in [4.69, 9.17) is 0 Å². The number of aromatic nitrogens is 1. The van der Waals surface area contributed by atoms with E-state index in [1.165, 1.54) is 17.4 Å². The number of thiophene rings is 1. The van der Waals surface area contributed by atoms with Gasteiger partial charge in [-0.1, -0.05) is 12.1 Å². The lowest BCUT2D eigenvalue weighted by Gasteiger charge is -2.21. The first-order valence-electron chi connectivity index (χ1n) is 6.23. The zero-order valence-electron chi connectivity index (χ0n) is 11.1. The molecule has 0 amide bonds. The van der Waals surface area contributed by atoms with Crippen molar-refractivity contribution in [3.05, 3.63) is 40.7 Å². The van der Waals surface area contributed by atoms with Crippen LogP contribution in [0.3, 0.4) is 0 Å². The van der Waals surface area contributed by atoms with Crippen LogP contribution >= 0.6 is 22.7 Å². The Morgan fingerprint density at radius 1 is 0.913 bits per heavy atom. The third-order valence-corrected chi connectivity index (χ3v) is 5.17. The van der Waals surface area contributed by atoms with E-state index in [2.05, 4.69) is 4.98 Å². The maximum atomic E-state index is 12.8. The van der Waals surface area contributed by atoms with Gasteiger partial charge in [0, 0.05) is 15.3 Å². The summed E-state index contributed by atoms with van der Waals surface area (Å²) in [4.78, 5) is 3.69. The molecule has 1 nitrogen and oxygen atoms in total. The smallest absolute Gasteiger partial charge is 0.244 e. The third kappa shape index (κ3) is 3.07. The van der Waals surface area contributed by atoms with Crippen molar-refractivity contribution in [2.45, 2.75) is 18.3 Å². The summed E-state index contributed by atoms with van der Waals surface area (Å²) in [7, 11) is 0. The average molecular weight is 367 g/mol. The second-order valence-corrected chi connectivity index (χ2v) is 6.72. The molecular weight excluding hydrogens is 360 g/mol. The lowest BCUT2D eigenvalue weighted by Crippen LogP contribution is -2.33. The van der Waals surface area contributed by atoms with Gasteiger partial charge in [-0.15, -0.1) is 22.7 Å². The predicted molar refractivity (Wildman–Crippen MR) is 77.8 cm³/mol. The lowest BCUT2D eigenvalue weighted by molar-refractivity contribution is -0.252. The highest BCUT2D eigenvalue weighted by molar-refractivity contribution is 7.17. The molecular formula is C14H7F6NS2. The normalized spacial score (nSPS) is 13.2. The molecule has 0 saturated heterocycles. The monoisotopic (exact) mass is 367 g/mol. The fourth-order valence-electron chi connectivity index (χ4n) is 2.25. The number of rotatable bonds is 2. The van der Waals surface area contributed by atoms with Crippen molar-refractivity contribution in [1.82, 2.24) is 4.98 Å². The summed E-state index contributed by atoms with van der Waals surface area (Å²) in [6.07, 6.45) is -10.8. The van der Waals surface area contributed by atoms with E-state index < -0.39 is 23.1 Å². The molecule has 122 valence electrons. The first-order chi connectivity index (χ1) is 10.7. The lowest BCUT2D eigenvalue weighted by atomic mass is 10.1. The molecule has 0 radical (unpaired) electrons. The van der Waals surface area contributed by atoms with Crippen LogP contribution in [0.4, 0.5) is 26.3 Å². The van der Waals surface area contributed by atoms with Crippen molar-refractivity contribution in [3.8, 4) is 10.4 Å². The second-order valence-electron chi connectivity index (χ2n) is 4.72. The minimum absolute atomic E-state index is 0.329. The van der Waals surface area contributed by atoms with Gasteiger partial charge in [-0.05, 0) is 18.2 Å². The fraction of sp³-hybridized carbons (Fsp3) is 0.214. The Morgan fingerprint density at radius 3 is 2.26 bits per heavy atom. The summed E-state index contributed by atoms with van der Waals surface area (Å²) in [5.74, 6) is -3.47. The van der Waals surface area contributed by atoms with E-state index in [0.29, 0.717) is 27.3 Å². The van der Waals surface area contributed by atoms with Crippen molar-refractivity contribution in [2.24, 2.45) is 0 Å². The summed E-state index contributed by atoms with van der Waals surface area (Å²) in [6.45, 7) is 0. The first-order valence-corrected chi connectivity index (χ1v) is 7.93. The molecule has 0 saturated carbocycles. The fourth-order valence-corrected chi connectivity index (χ4v) is 4.14. The average Bonchev–Trinajstić information content (AvgIpc) is 3.02. The summed E-state index contributed by atoms with van der Waals surface area (Å²) in [5, 5.41) is 0. The van der Waals surface area contributed by atoms with E-state index in [-0.39, 0.29) is 0 Å². The Bertz CT molecular complexity index is 816. The highest BCUT2D eigenvalue weighted by Crippen LogP contribution is 2.49. The molecule has 0 spiro atoms. The van der Waals surface area contributed by atoms with Gasteiger partial charge >= 0.3 is 12.4 Å². The summed E-state index contributed by atoms with van der Waals surface area (Å²) in [6, 6.07) is 7.28. The van der Waals surface area contributed by atoms with E-state index in [9.17, 15) is 26.3 Å². The molecule has 0 atom stereocenters. The van der Waals surface area contributed by atoms with Crippen molar-refractivity contribution in [2.75, 3.05) is 0 Å². The van der Waals surface area contributed by atoms with Crippen molar-refractivity contribution < 1.29 is 26.3 Å². The number of halogens is 6.